The van der Waals surface area contributed by atoms with Gasteiger partial charge in [-0.2, -0.15) is 5.10 Å². The monoisotopic (exact) mass is 334 g/mol. The summed E-state index contributed by atoms with van der Waals surface area (Å²) in [5.41, 5.74) is 2.27. The molecule has 1 aliphatic rings. The van der Waals surface area contributed by atoms with Crippen LogP contribution in [0.5, 0.6) is 5.75 Å². The SMILES string of the molecule is O=C1COc2ccc(NC(=O)c3ccccc3-n3cccn3)cc2N1. The highest BCUT2D eigenvalue weighted by Crippen LogP contribution is 2.30. The Morgan fingerprint density at radius 1 is 1.20 bits per heavy atom. The molecule has 2 heterocycles. The molecule has 2 N–H and O–H groups in total. The number of rotatable bonds is 3. The number of amides is 2. The molecule has 4 rings (SSSR count). The maximum atomic E-state index is 12.7. The average molecular weight is 334 g/mol. The number of carbonyl (C=O) groups excluding carboxylic acids is 2. The van der Waals surface area contributed by atoms with Crippen molar-refractivity contribution < 1.29 is 14.3 Å². The number of para-hydroxylation sites is 1. The Morgan fingerprint density at radius 3 is 2.92 bits per heavy atom. The molecule has 3 aromatic rings. The topological polar surface area (TPSA) is 85.2 Å². The van der Waals surface area contributed by atoms with Gasteiger partial charge in [0.05, 0.1) is 16.9 Å². The highest BCUT2D eigenvalue weighted by atomic mass is 16.5. The van der Waals surface area contributed by atoms with Crippen molar-refractivity contribution in [2.24, 2.45) is 0 Å². The van der Waals surface area contributed by atoms with E-state index in [4.69, 9.17) is 4.74 Å². The second-order valence-electron chi connectivity index (χ2n) is 5.47. The van der Waals surface area contributed by atoms with Crippen LogP contribution in [-0.4, -0.2) is 28.2 Å². The number of benzene rings is 2. The third-order valence-corrected chi connectivity index (χ3v) is 3.77. The third kappa shape index (κ3) is 2.94. The van der Waals surface area contributed by atoms with E-state index in [-0.39, 0.29) is 18.4 Å². The predicted molar refractivity (Wildman–Crippen MR) is 92.1 cm³/mol. The molecule has 0 saturated heterocycles. The van der Waals surface area contributed by atoms with E-state index in [2.05, 4.69) is 15.7 Å². The Hall–Kier alpha value is -3.61. The van der Waals surface area contributed by atoms with Crippen molar-refractivity contribution >= 4 is 23.2 Å². The molecule has 0 radical (unpaired) electrons. The van der Waals surface area contributed by atoms with E-state index in [1.54, 1.807) is 53.5 Å². The second kappa shape index (κ2) is 6.12. The predicted octanol–water partition coefficient (Wildman–Crippen LogP) is 2.46. The van der Waals surface area contributed by atoms with Crippen molar-refractivity contribution in [3.63, 3.8) is 0 Å². The number of hydrogen-bond acceptors (Lipinski definition) is 4. The van der Waals surface area contributed by atoms with Gasteiger partial charge in [0.15, 0.2) is 6.61 Å². The molecule has 1 aliphatic heterocycles. The molecule has 0 aliphatic carbocycles. The number of anilines is 2. The van der Waals surface area contributed by atoms with Gasteiger partial charge in [0.1, 0.15) is 5.75 Å². The summed E-state index contributed by atoms with van der Waals surface area (Å²) in [5, 5.41) is 9.73. The van der Waals surface area contributed by atoms with E-state index in [1.807, 2.05) is 12.1 Å². The van der Waals surface area contributed by atoms with Gasteiger partial charge < -0.3 is 15.4 Å². The van der Waals surface area contributed by atoms with Gasteiger partial charge in [-0.05, 0) is 36.4 Å². The largest absolute Gasteiger partial charge is 0.482 e. The van der Waals surface area contributed by atoms with Crippen molar-refractivity contribution in [2.75, 3.05) is 17.2 Å². The Labute approximate surface area is 143 Å². The normalized spacial score (nSPS) is 12.7. The van der Waals surface area contributed by atoms with Crippen LogP contribution < -0.4 is 15.4 Å². The molecule has 7 heteroatoms. The van der Waals surface area contributed by atoms with Gasteiger partial charge in [-0.3, -0.25) is 9.59 Å². The van der Waals surface area contributed by atoms with Crippen LogP contribution in [0.1, 0.15) is 10.4 Å². The summed E-state index contributed by atoms with van der Waals surface area (Å²) in [6.45, 7) is -0.00402. The Bertz CT molecular complexity index is 951. The lowest BCUT2D eigenvalue weighted by atomic mass is 10.1. The van der Waals surface area contributed by atoms with Crippen molar-refractivity contribution in [1.29, 1.82) is 0 Å². The summed E-state index contributed by atoms with van der Waals surface area (Å²) in [6.07, 6.45) is 3.43. The summed E-state index contributed by atoms with van der Waals surface area (Å²) in [6, 6.07) is 14.1. The van der Waals surface area contributed by atoms with Crippen LogP contribution >= 0.6 is 0 Å². The molecule has 0 fully saturated rings. The first kappa shape index (κ1) is 14.9. The fourth-order valence-corrected chi connectivity index (χ4v) is 2.64. The minimum atomic E-state index is -0.269. The first-order chi connectivity index (χ1) is 12.2. The van der Waals surface area contributed by atoms with E-state index in [9.17, 15) is 9.59 Å². The van der Waals surface area contributed by atoms with Crippen LogP contribution in [0.2, 0.25) is 0 Å². The lowest BCUT2D eigenvalue weighted by molar-refractivity contribution is -0.118. The minimum absolute atomic E-state index is 0.00402. The van der Waals surface area contributed by atoms with E-state index >= 15 is 0 Å². The number of nitrogens with one attached hydrogen (secondary N) is 2. The van der Waals surface area contributed by atoms with Crippen LogP contribution in [0.4, 0.5) is 11.4 Å². The fraction of sp³-hybridized carbons (Fsp3) is 0.0556. The average Bonchev–Trinajstić information content (AvgIpc) is 3.16. The fourth-order valence-electron chi connectivity index (χ4n) is 2.64. The number of ether oxygens (including phenoxy) is 1. The molecule has 2 aromatic carbocycles. The van der Waals surface area contributed by atoms with E-state index < -0.39 is 0 Å². The maximum absolute atomic E-state index is 12.7. The number of aromatic nitrogens is 2. The summed E-state index contributed by atoms with van der Waals surface area (Å²) in [4.78, 5) is 24.1. The lowest BCUT2D eigenvalue weighted by Gasteiger charge is -2.18. The van der Waals surface area contributed by atoms with Gasteiger partial charge in [-0.25, -0.2) is 4.68 Å². The van der Waals surface area contributed by atoms with Gasteiger partial charge in [0, 0.05) is 18.1 Å². The molecule has 2 amide bonds. The summed E-state index contributed by atoms with van der Waals surface area (Å²) < 4.78 is 6.95. The zero-order valence-electron chi connectivity index (χ0n) is 13.1. The van der Waals surface area contributed by atoms with Crippen molar-refractivity contribution in [3.05, 3.63) is 66.5 Å². The van der Waals surface area contributed by atoms with Crippen molar-refractivity contribution in [1.82, 2.24) is 9.78 Å². The number of hydrogen-bond donors (Lipinski definition) is 2. The smallest absolute Gasteiger partial charge is 0.262 e. The highest BCUT2D eigenvalue weighted by molar-refractivity contribution is 6.07. The van der Waals surface area contributed by atoms with Crippen LogP contribution in [0.15, 0.2) is 60.9 Å². The number of carbonyl (C=O) groups is 2. The van der Waals surface area contributed by atoms with Crippen LogP contribution in [-0.2, 0) is 4.79 Å². The van der Waals surface area contributed by atoms with E-state index in [1.165, 1.54) is 0 Å². The van der Waals surface area contributed by atoms with Crippen LogP contribution in [0.25, 0.3) is 5.69 Å². The lowest BCUT2D eigenvalue weighted by Crippen LogP contribution is -2.25. The van der Waals surface area contributed by atoms with Crippen LogP contribution in [0.3, 0.4) is 0 Å². The summed E-state index contributed by atoms with van der Waals surface area (Å²) in [7, 11) is 0. The Kier molecular flexibility index (Phi) is 3.66. The second-order valence-corrected chi connectivity index (χ2v) is 5.47. The molecule has 0 bridgehead atoms. The quantitative estimate of drug-likeness (QED) is 0.770. The summed E-state index contributed by atoms with van der Waals surface area (Å²) >= 11 is 0. The first-order valence-electron chi connectivity index (χ1n) is 7.68. The Balaban J connectivity index is 1.61. The molecular formula is C18H14N4O3. The molecular weight excluding hydrogens is 320 g/mol. The van der Waals surface area contributed by atoms with Gasteiger partial charge in [-0.15, -0.1) is 0 Å². The first-order valence-corrected chi connectivity index (χ1v) is 7.68. The third-order valence-electron chi connectivity index (χ3n) is 3.77. The minimum Gasteiger partial charge on any atom is -0.482 e. The molecule has 7 nitrogen and oxygen atoms in total. The molecule has 1 aromatic heterocycles. The van der Waals surface area contributed by atoms with Crippen molar-refractivity contribution in [3.8, 4) is 11.4 Å². The molecule has 124 valence electrons. The number of fused-ring (bicyclic) bond motifs is 1. The summed E-state index contributed by atoms with van der Waals surface area (Å²) in [5.74, 6) is 0.0867. The Morgan fingerprint density at radius 2 is 2.08 bits per heavy atom. The molecule has 0 unspecified atom stereocenters. The maximum Gasteiger partial charge on any atom is 0.262 e. The number of nitrogens with zero attached hydrogens (tertiary/aromatic N) is 2. The van der Waals surface area contributed by atoms with Gasteiger partial charge in [0.2, 0.25) is 0 Å². The zero-order chi connectivity index (χ0) is 17.2. The van der Waals surface area contributed by atoms with Gasteiger partial charge in [-0.1, -0.05) is 12.1 Å². The molecule has 0 spiro atoms. The molecule has 0 saturated carbocycles. The van der Waals surface area contributed by atoms with Gasteiger partial charge in [0.25, 0.3) is 11.8 Å². The standard InChI is InChI=1S/C18H14N4O3/c23-17-11-25-16-7-6-12(10-14(16)21-17)20-18(24)13-4-1-2-5-15(13)22-9-3-8-19-22/h1-10H,11H2,(H,20,24)(H,21,23). The van der Waals surface area contributed by atoms with Crippen LogP contribution in [0, 0.1) is 0 Å². The zero-order valence-corrected chi connectivity index (χ0v) is 13.1. The highest BCUT2D eigenvalue weighted by Gasteiger charge is 2.17. The van der Waals surface area contributed by atoms with Crippen molar-refractivity contribution in [2.45, 2.75) is 0 Å². The van der Waals surface area contributed by atoms with Gasteiger partial charge >= 0.3 is 0 Å². The van der Waals surface area contributed by atoms with E-state index in [0.29, 0.717) is 28.4 Å². The van der Waals surface area contributed by atoms with E-state index in [0.717, 1.165) is 0 Å². The molecule has 25 heavy (non-hydrogen) atoms. The molecule has 0 atom stereocenters.